The van der Waals surface area contributed by atoms with Crippen LogP contribution in [0.25, 0.3) is 0 Å². The lowest BCUT2D eigenvalue weighted by atomic mass is 10.2. The van der Waals surface area contributed by atoms with Gasteiger partial charge in [0.05, 0.1) is 0 Å². The van der Waals surface area contributed by atoms with E-state index in [0.29, 0.717) is 12.1 Å². The fourth-order valence-corrected chi connectivity index (χ4v) is 2.15. The van der Waals surface area contributed by atoms with E-state index < -0.39 is 0 Å². The summed E-state index contributed by atoms with van der Waals surface area (Å²) < 4.78 is 0. The van der Waals surface area contributed by atoms with Crippen LogP contribution in [0.5, 0.6) is 0 Å². The van der Waals surface area contributed by atoms with Crippen LogP contribution in [0.3, 0.4) is 0 Å². The molecule has 3 nitrogen and oxygen atoms in total. The molecule has 0 aromatic carbocycles. The molecule has 2 aliphatic rings. The first-order valence-corrected chi connectivity index (χ1v) is 3.99. The van der Waals surface area contributed by atoms with E-state index in [1.165, 1.54) is 12.8 Å². The van der Waals surface area contributed by atoms with Gasteiger partial charge in [-0.2, -0.15) is 0 Å². The molecule has 0 aliphatic carbocycles. The fourth-order valence-electron chi connectivity index (χ4n) is 2.15. The van der Waals surface area contributed by atoms with E-state index in [1.807, 2.05) is 0 Å². The van der Waals surface area contributed by atoms with Crippen LogP contribution in [0.15, 0.2) is 0 Å². The molecule has 2 aliphatic heterocycles. The Balaban J connectivity index is 2.09. The molecule has 0 radical (unpaired) electrons. The summed E-state index contributed by atoms with van der Waals surface area (Å²) in [6.07, 6.45) is 2.59. The molecule has 0 aromatic heterocycles. The summed E-state index contributed by atoms with van der Waals surface area (Å²) in [5, 5.41) is 2.06. The summed E-state index contributed by atoms with van der Waals surface area (Å²) in [5.74, 6) is 5.85. The topological polar surface area (TPSA) is 32.5 Å². The Morgan fingerprint density at radius 2 is 1.70 bits per heavy atom. The minimum absolute atomic E-state index is 0.642. The van der Waals surface area contributed by atoms with Crippen molar-refractivity contribution in [1.82, 2.24) is 9.91 Å². The molecular formula is C7H15N3. The van der Waals surface area contributed by atoms with Gasteiger partial charge in [-0.25, -0.2) is 5.01 Å². The Morgan fingerprint density at radius 1 is 1.20 bits per heavy atom. The third-order valence-corrected chi connectivity index (χ3v) is 2.72. The zero-order chi connectivity index (χ0) is 7.14. The minimum Gasteiger partial charge on any atom is -0.303 e. The number of hydrogen-bond acceptors (Lipinski definition) is 3. The lowest BCUT2D eigenvalue weighted by Gasteiger charge is -2.36. The second kappa shape index (κ2) is 2.19. The normalized spacial score (nSPS) is 42.6. The number of nitrogens with zero attached hydrogens (tertiary/aromatic N) is 2. The molecule has 2 heterocycles. The fraction of sp³-hybridized carbons (Fsp3) is 1.00. The van der Waals surface area contributed by atoms with Gasteiger partial charge in [0.2, 0.25) is 0 Å². The third-order valence-electron chi connectivity index (χ3n) is 2.72. The molecule has 0 saturated carbocycles. The Kier molecular flexibility index (Phi) is 1.44. The first-order chi connectivity index (χ1) is 4.77. The van der Waals surface area contributed by atoms with Crippen LogP contribution in [0.2, 0.25) is 0 Å². The number of hydrazine groups is 1. The summed E-state index contributed by atoms with van der Waals surface area (Å²) >= 11 is 0. The Hall–Kier alpha value is -0.120. The van der Waals surface area contributed by atoms with Gasteiger partial charge in [-0.1, -0.05) is 0 Å². The van der Waals surface area contributed by atoms with E-state index >= 15 is 0 Å². The van der Waals surface area contributed by atoms with Crippen molar-refractivity contribution < 1.29 is 0 Å². The first-order valence-electron chi connectivity index (χ1n) is 3.99. The van der Waals surface area contributed by atoms with Crippen LogP contribution in [-0.4, -0.2) is 42.1 Å². The largest absolute Gasteiger partial charge is 0.303 e. The maximum Gasteiger partial charge on any atom is 0.0372 e. The molecule has 3 heteroatoms. The summed E-state index contributed by atoms with van der Waals surface area (Å²) in [6, 6.07) is 1.28. The number of likely N-dealkylation sites (N-methyl/N-ethyl adjacent to an activating group) is 1. The molecule has 2 unspecified atom stereocenters. The molecule has 2 rings (SSSR count). The van der Waals surface area contributed by atoms with Crippen LogP contribution in [-0.2, 0) is 0 Å². The quantitative estimate of drug-likeness (QED) is 0.467. The van der Waals surface area contributed by atoms with Gasteiger partial charge in [-0.15, -0.1) is 0 Å². The predicted octanol–water partition coefficient (Wildman–Crippen LogP) is -0.361. The Morgan fingerprint density at radius 3 is 2.20 bits per heavy atom. The zero-order valence-electron chi connectivity index (χ0n) is 6.45. The van der Waals surface area contributed by atoms with Crippen LogP contribution >= 0.6 is 0 Å². The summed E-state index contributed by atoms with van der Waals surface area (Å²) in [4.78, 5) is 2.38. The highest BCUT2D eigenvalue weighted by atomic mass is 15.5. The van der Waals surface area contributed by atoms with Crippen molar-refractivity contribution in [3.05, 3.63) is 0 Å². The highest BCUT2D eigenvalue weighted by Crippen LogP contribution is 2.25. The lowest BCUT2D eigenvalue weighted by molar-refractivity contribution is 0.0831. The van der Waals surface area contributed by atoms with Crippen LogP contribution in [0, 0.1) is 0 Å². The van der Waals surface area contributed by atoms with Crippen molar-refractivity contribution in [1.29, 1.82) is 0 Å². The van der Waals surface area contributed by atoms with Gasteiger partial charge in [-0.3, -0.25) is 5.84 Å². The monoisotopic (exact) mass is 141 g/mol. The van der Waals surface area contributed by atoms with Gasteiger partial charge in [0.15, 0.2) is 0 Å². The number of hydrogen-bond donors (Lipinski definition) is 1. The summed E-state index contributed by atoms with van der Waals surface area (Å²) in [5.41, 5.74) is 0. The molecule has 2 bridgehead atoms. The van der Waals surface area contributed by atoms with Gasteiger partial charge in [0.1, 0.15) is 0 Å². The molecule has 2 atom stereocenters. The van der Waals surface area contributed by atoms with Gasteiger partial charge in [0, 0.05) is 25.2 Å². The molecule has 2 N–H and O–H groups in total. The van der Waals surface area contributed by atoms with Gasteiger partial charge < -0.3 is 4.90 Å². The molecule has 2 saturated heterocycles. The number of rotatable bonds is 0. The second-order valence-corrected chi connectivity index (χ2v) is 3.55. The SMILES string of the molecule is CN1CC2CCC(C1)N2N. The highest BCUT2D eigenvalue weighted by Gasteiger charge is 2.36. The van der Waals surface area contributed by atoms with Crippen molar-refractivity contribution in [2.24, 2.45) is 5.84 Å². The Labute approximate surface area is 61.7 Å². The smallest absolute Gasteiger partial charge is 0.0372 e. The highest BCUT2D eigenvalue weighted by molar-refractivity contribution is 4.91. The number of piperazine rings is 1. The number of likely N-dealkylation sites (tertiary alicyclic amines) is 1. The predicted molar refractivity (Wildman–Crippen MR) is 40.3 cm³/mol. The van der Waals surface area contributed by atoms with E-state index in [-0.39, 0.29) is 0 Å². The van der Waals surface area contributed by atoms with E-state index in [4.69, 9.17) is 5.84 Å². The molecular weight excluding hydrogens is 126 g/mol. The van der Waals surface area contributed by atoms with Gasteiger partial charge in [0.25, 0.3) is 0 Å². The Bertz CT molecular complexity index is 123. The average molecular weight is 141 g/mol. The molecule has 58 valence electrons. The second-order valence-electron chi connectivity index (χ2n) is 3.55. The standard InChI is InChI=1S/C7H15N3/c1-9-4-6-2-3-7(5-9)10(6)8/h6-7H,2-5,8H2,1H3. The van der Waals surface area contributed by atoms with Crippen molar-refractivity contribution >= 4 is 0 Å². The lowest BCUT2D eigenvalue weighted by Crippen LogP contribution is -2.55. The van der Waals surface area contributed by atoms with E-state index in [2.05, 4.69) is 17.0 Å². The molecule has 0 spiro atoms. The van der Waals surface area contributed by atoms with Gasteiger partial charge >= 0.3 is 0 Å². The number of nitrogens with two attached hydrogens (primary N) is 1. The van der Waals surface area contributed by atoms with Crippen LogP contribution in [0.1, 0.15) is 12.8 Å². The average Bonchev–Trinajstić information content (AvgIpc) is 2.20. The molecule has 10 heavy (non-hydrogen) atoms. The summed E-state index contributed by atoms with van der Waals surface area (Å²) in [6.45, 7) is 2.32. The number of fused-ring (bicyclic) bond motifs is 2. The minimum atomic E-state index is 0.642. The van der Waals surface area contributed by atoms with Crippen molar-refractivity contribution in [3.63, 3.8) is 0 Å². The maximum absolute atomic E-state index is 5.85. The van der Waals surface area contributed by atoms with E-state index in [9.17, 15) is 0 Å². The van der Waals surface area contributed by atoms with Crippen molar-refractivity contribution in [2.75, 3.05) is 20.1 Å². The van der Waals surface area contributed by atoms with E-state index in [1.54, 1.807) is 0 Å². The summed E-state index contributed by atoms with van der Waals surface area (Å²) in [7, 11) is 2.18. The molecule has 0 amide bonds. The maximum atomic E-state index is 5.85. The van der Waals surface area contributed by atoms with E-state index in [0.717, 1.165) is 13.1 Å². The first kappa shape index (κ1) is 6.58. The molecule has 0 aromatic rings. The third kappa shape index (κ3) is 0.856. The molecule has 2 fully saturated rings. The van der Waals surface area contributed by atoms with Crippen LogP contribution in [0.4, 0.5) is 0 Å². The van der Waals surface area contributed by atoms with Crippen LogP contribution < -0.4 is 5.84 Å². The van der Waals surface area contributed by atoms with Crippen molar-refractivity contribution in [2.45, 2.75) is 24.9 Å². The zero-order valence-corrected chi connectivity index (χ0v) is 6.45. The van der Waals surface area contributed by atoms with Gasteiger partial charge in [-0.05, 0) is 19.9 Å². The van der Waals surface area contributed by atoms with Crippen molar-refractivity contribution in [3.8, 4) is 0 Å².